The lowest BCUT2D eigenvalue weighted by Gasteiger charge is -2.16. The molecule has 0 radical (unpaired) electrons. The van der Waals surface area contributed by atoms with E-state index >= 15 is 0 Å². The standard InChI is InChI=1S/C13H16N2O2/c1-9(13(16)17)8-15-10(2)12-5-3-11(7-14)4-6-12/h3-6,9-10,15H,8H2,1-2H3,(H,16,17). The van der Waals surface area contributed by atoms with Crippen LogP contribution in [-0.4, -0.2) is 17.6 Å². The van der Waals surface area contributed by atoms with E-state index in [-0.39, 0.29) is 6.04 Å². The summed E-state index contributed by atoms with van der Waals surface area (Å²) in [4.78, 5) is 10.7. The Bertz CT molecular complexity index is 420. The first-order valence-electron chi connectivity index (χ1n) is 5.51. The number of nitriles is 1. The highest BCUT2D eigenvalue weighted by atomic mass is 16.4. The fraction of sp³-hybridized carbons (Fsp3) is 0.385. The number of benzene rings is 1. The molecule has 1 aromatic carbocycles. The summed E-state index contributed by atoms with van der Waals surface area (Å²) in [5.74, 6) is -1.21. The van der Waals surface area contributed by atoms with E-state index in [1.807, 2.05) is 19.1 Å². The van der Waals surface area contributed by atoms with Crippen LogP contribution in [0.25, 0.3) is 0 Å². The Morgan fingerprint density at radius 1 is 1.41 bits per heavy atom. The molecule has 0 aliphatic carbocycles. The zero-order chi connectivity index (χ0) is 12.8. The Balaban J connectivity index is 2.55. The van der Waals surface area contributed by atoms with Crippen molar-refractivity contribution in [2.24, 2.45) is 5.92 Å². The Kier molecular flexibility index (Phi) is 4.68. The van der Waals surface area contributed by atoms with Gasteiger partial charge >= 0.3 is 5.97 Å². The first-order chi connectivity index (χ1) is 8.04. The van der Waals surface area contributed by atoms with E-state index in [4.69, 9.17) is 10.4 Å². The van der Waals surface area contributed by atoms with E-state index in [0.717, 1.165) is 5.56 Å². The van der Waals surface area contributed by atoms with Crippen molar-refractivity contribution in [3.8, 4) is 6.07 Å². The topological polar surface area (TPSA) is 73.1 Å². The number of hydrogen-bond donors (Lipinski definition) is 2. The van der Waals surface area contributed by atoms with Crippen LogP contribution in [0, 0.1) is 17.2 Å². The molecule has 2 atom stereocenters. The van der Waals surface area contributed by atoms with Crippen molar-refractivity contribution >= 4 is 5.97 Å². The molecule has 90 valence electrons. The van der Waals surface area contributed by atoms with Crippen molar-refractivity contribution in [1.82, 2.24) is 5.32 Å². The van der Waals surface area contributed by atoms with E-state index in [0.29, 0.717) is 12.1 Å². The van der Waals surface area contributed by atoms with Crippen LogP contribution in [-0.2, 0) is 4.79 Å². The van der Waals surface area contributed by atoms with Crippen LogP contribution in [0.3, 0.4) is 0 Å². The summed E-state index contributed by atoms with van der Waals surface area (Å²) in [6.45, 7) is 4.06. The molecule has 17 heavy (non-hydrogen) atoms. The number of carboxylic acid groups (broad SMARTS) is 1. The summed E-state index contributed by atoms with van der Waals surface area (Å²) < 4.78 is 0. The monoisotopic (exact) mass is 232 g/mol. The van der Waals surface area contributed by atoms with Gasteiger partial charge in [-0.15, -0.1) is 0 Å². The van der Waals surface area contributed by atoms with Gasteiger partial charge in [-0.05, 0) is 24.6 Å². The normalized spacial score (nSPS) is 13.7. The molecule has 0 aliphatic heterocycles. The van der Waals surface area contributed by atoms with Gasteiger partial charge in [0.25, 0.3) is 0 Å². The molecule has 0 saturated heterocycles. The highest BCUT2D eigenvalue weighted by molar-refractivity contribution is 5.69. The van der Waals surface area contributed by atoms with E-state index in [1.165, 1.54) is 0 Å². The van der Waals surface area contributed by atoms with Gasteiger partial charge in [-0.2, -0.15) is 5.26 Å². The van der Waals surface area contributed by atoms with Crippen molar-refractivity contribution in [2.75, 3.05) is 6.54 Å². The molecule has 0 spiro atoms. The first kappa shape index (κ1) is 13.2. The lowest BCUT2D eigenvalue weighted by atomic mass is 10.1. The summed E-state index contributed by atoms with van der Waals surface area (Å²) in [7, 11) is 0. The maximum absolute atomic E-state index is 10.7. The van der Waals surface area contributed by atoms with Crippen LogP contribution in [0.1, 0.15) is 31.0 Å². The van der Waals surface area contributed by atoms with E-state index in [2.05, 4.69) is 11.4 Å². The molecule has 4 heteroatoms. The lowest BCUT2D eigenvalue weighted by molar-refractivity contribution is -0.140. The van der Waals surface area contributed by atoms with Gasteiger partial charge in [0.1, 0.15) is 0 Å². The van der Waals surface area contributed by atoms with Crippen LogP contribution < -0.4 is 5.32 Å². The van der Waals surface area contributed by atoms with Gasteiger partial charge in [0.05, 0.1) is 17.6 Å². The summed E-state index contributed by atoms with van der Waals surface area (Å²) >= 11 is 0. The molecular weight excluding hydrogens is 216 g/mol. The minimum absolute atomic E-state index is 0.0737. The number of nitrogens with one attached hydrogen (secondary N) is 1. The third-order valence-corrected chi connectivity index (χ3v) is 2.69. The largest absolute Gasteiger partial charge is 0.481 e. The minimum atomic E-state index is -0.801. The number of nitrogens with zero attached hydrogens (tertiary/aromatic N) is 1. The number of rotatable bonds is 5. The fourth-order valence-corrected chi connectivity index (χ4v) is 1.41. The number of hydrogen-bond acceptors (Lipinski definition) is 3. The maximum Gasteiger partial charge on any atom is 0.307 e. The van der Waals surface area contributed by atoms with Crippen molar-refractivity contribution in [3.05, 3.63) is 35.4 Å². The zero-order valence-corrected chi connectivity index (χ0v) is 9.97. The predicted molar refractivity (Wildman–Crippen MR) is 64.4 cm³/mol. The van der Waals surface area contributed by atoms with Gasteiger partial charge < -0.3 is 10.4 Å². The quantitative estimate of drug-likeness (QED) is 0.813. The molecule has 1 aromatic rings. The summed E-state index contributed by atoms with van der Waals surface area (Å²) in [6, 6.07) is 9.40. The van der Waals surface area contributed by atoms with Crippen LogP contribution >= 0.6 is 0 Å². The first-order valence-corrected chi connectivity index (χ1v) is 5.51. The Morgan fingerprint density at radius 3 is 2.47 bits per heavy atom. The van der Waals surface area contributed by atoms with E-state index in [9.17, 15) is 4.79 Å². The van der Waals surface area contributed by atoms with Crippen LogP contribution in [0.2, 0.25) is 0 Å². The van der Waals surface area contributed by atoms with Gasteiger partial charge in [-0.1, -0.05) is 19.1 Å². The molecule has 0 amide bonds. The molecule has 0 bridgehead atoms. The summed E-state index contributed by atoms with van der Waals surface area (Å²) in [5.41, 5.74) is 1.67. The Morgan fingerprint density at radius 2 is 2.00 bits per heavy atom. The fourth-order valence-electron chi connectivity index (χ4n) is 1.41. The molecular formula is C13H16N2O2. The van der Waals surface area contributed by atoms with Gasteiger partial charge in [0.2, 0.25) is 0 Å². The maximum atomic E-state index is 10.7. The molecule has 4 nitrogen and oxygen atoms in total. The summed E-state index contributed by atoms with van der Waals surface area (Å²) in [6.07, 6.45) is 0. The molecule has 2 N–H and O–H groups in total. The molecule has 0 aromatic heterocycles. The molecule has 1 rings (SSSR count). The Hall–Kier alpha value is -1.86. The minimum Gasteiger partial charge on any atom is -0.481 e. The molecule has 2 unspecified atom stereocenters. The summed E-state index contributed by atoms with van der Waals surface area (Å²) in [5, 5.41) is 20.6. The van der Waals surface area contributed by atoms with E-state index in [1.54, 1.807) is 19.1 Å². The van der Waals surface area contributed by atoms with Gasteiger partial charge in [0, 0.05) is 12.6 Å². The molecule has 0 saturated carbocycles. The van der Waals surface area contributed by atoms with Gasteiger partial charge in [-0.25, -0.2) is 0 Å². The Labute approximate surface area is 101 Å². The molecule has 0 fully saturated rings. The zero-order valence-electron chi connectivity index (χ0n) is 9.97. The van der Waals surface area contributed by atoms with Crippen molar-refractivity contribution in [2.45, 2.75) is 19.9 Å². The second-order valence-corrected chi connectivity index (χ2v) is 4.10. The second-order valence-electron chi connectivity index (χ2n) is 4.10. The highest BCUT2D eigenvalue weighted by Crippen LogP contribution is 2.13. The SMILES string of the molecule is CC(CNC(C)c1ccc(C#N)cc1)C(=O)O. The smallest absolute Gasteiger partial charge is 0.307 e. The van der Waals surface area contributed by atoms with Crippen molar-refractivity contribution < 1.29 is 9.90 Å². The number of aliphatic carboxylic acids is 1. The highest BCUT2D eigenvalue weighted by Gasteiger charge is 2.12. The van der Waals surface area contributed by atoms with Crippen LogP contribution in [0.5, 0.6) is 0 Å². The van der Waals surface area contributed by atoms with E-state index < -0.39 is 11.9 Å². The second kappa shape index (κ2) is 6.02. The third-order valence-electron chi connectivity index (χ3n) is 2.69. The van der Waals surface area contributed by atoms with Crippen LogP contribution in [0.15, 0.2) is 24.3 Å². The average Bonchev–Trinajstić information content (AvgIpc) is 2.35. The number of carbonyl (C=O) groups is 1. The molecule has 0 heterocycles. The third kappa shape index (κ3) is 3.89. The molecule has 0 aliphatic rings. The van der Waals surface area contributed by atoms with Crippen molar-refractivity contribution in [1.29, 1.82) is 5.26 Å². The average molecular weight is 232 g/mol. The van der Waals surface area contributed by atoms with Crippen molar-refractivity contribution in [3.63, 3.8) is 0 Å². The van der Waals surface area contributed by atoms with Crippen LogP contribution in [0.4, 0.5) is 0 Å². The number of carboxylic acids is 1. The predicted octanol–water partition coefficient (Wildman–Crippen LogP) is 1.93. The van der Waals surface area contributed by atoms with Gasteiger partial charge in [-0.3, -0.25) is 4.79 Å². The van der Waals surface area contributed by atoms with Gasteiger partial charge in [0.15, 0.2) is 0 Å². The lowest BCUT2D eigenvalue weighted by Crippen LogP contribution is -2.28.